The molecule has 0 spiro atoms. The average molecular weight is 395 g/mol. The normalized spacial score (nSPS) is 20.0. The summed E-state index contributed by atoms with van der Waals surface area (Å²) in [5.41, 5.74) is 2.96. The van der Waals surface area contributed by atoms with E-state index < -0.39 is 0 Å². The number of nitrogens with one attached hydrogen (secondary N) is 1. The third-order valence-electron chi connectivity index (χ3n) is 5.70. The average Bonchev–Trinajstić information content (AvgIpc) is 3.15. The first-order valence-corrected chi connectivity index (χ1v) is 10.1. The van der Waals surface area contributed by atoms with Crippen molar-refractivity contribution < 1.29 is 9.21 Å². The summed E-state index contributed by atoms with van der Waals surface area (Å²) in [4.78, 5) is 23.2. The van der Waals surface area contributed by atoms with Crippen molar-refractivity contribution in [3.63, 3.8) is 0 Å². The molecule has 154 valence electrons. The van der Waals surface area contributed by atoms with Gasteiger partial charge < -0.3 is 14.6 Å². The van der Waals surface area contributed by atoms with E-state index in [1.807, 2.05) is 38.1 Å². The standard InChI is InChI=1S/C23H30N4O2/c1-15-6-7-18(21-14-25-16(2)29-21)12-19(15)13-22(24-3)26-23(28)17-8-10-20(11-9-17)27(4)5/h6-7,12-14,17,20H,3,8-11H2,1-2,4-5H3,(H,26,28)/b22-13+. The van der Waals surface area contributed by atoms with Crippen LogP contribution in [0.2, 0.25) is 0 Å². The quantitative estimate of drug-likeness (QED) is 0.746. The van der Waals surface area contributed by atoms with E-state index in [4.69, 9.17) is 4.42 Å². The number of aromatic nitrogens is 1. The Morgan fingerprint density at radius 2 is 2.00 bits per heavy atom. The van der Waals surface area contributed by atoms with Gasteiger partial charge in [-0.1, -0.05) is 12.1 Å². The minimum atomic E-state index is 0.0283. The number of benzene rings is 1. The van der Waals surface area contributed by atoms with Crippen molar-refractivity contribution in [2.75, 3.05) is 14.1 Å². The summed E-state index contributed by atoms with van der Waals surface area (Å²) in [5.74, 6) is 1.87. The molecule has 0 atom stereocenters. The molecule has 1 aromatic heterocycles. The number of nitrogens with zero attached hydrogens (tertiary/aromatic N) is 3. The number of amides is 1. The van der Waals surface area contributed by atoms with Gasteiger partial charge in [0.1, 0.15) is 5.82 Å². The topological polar surface area (TPSA) is 70.7 Å². The first kappa shape index (κ1) is 21.0. The lowest BCUT2D eigenvalue weighted by Gasteiger charge is -2.31. The molecule has 6 heteroatoms. The first-order valence-electron chi connectivity index (χ1n) is 10.1. The molecule has 29 heavy (non-hydrogen) atoms. The first-order chi connectivity index (χ1) is 13.9. The second-order valence-corrected chi connectivity index (χ2v) is 7.96. The second-order valence-electron chi connectivity index (χ2n) is 7.96. The fourth-order valence-corrected chi connectivity index (χ4v) is 3.80. The minimum Gasteiger partial charge on any atom is -0.441 e. The van der Waals surface area contributed by atoms with E-state index >= 15 is 0 Å². The van der Waals surface area contributed by atoms with E-state index in [1.54, 1.807) is 6.20 Å². The van der Waals surface area contributed by atoms with Crippen molar-refractivity contribution in [2.24, 2.45) is 10.9 Å². The Morgan fingerprint density at radius 1 is 1.28 bits per heavy atom. The third-order valence-corrected chi connectivity index (χ3v) is 5.70. The van der Waals surface area contributed by atoms with Crippen molar-refractivity contribution in [1.29, 1.82) is 0 Å². The maximum Gasteiger partial charge on any atom is 0.228 e. The minimum absolute atomic E-state index is 0.0283. The van der Waals surface area contributed by atoms with Gasteiger partial charge in [0.15, 0.2) is 11.7 Å². The SMILES string of the molecule is C=N/C(=C\c1cc(-c2cnc(C)o2)ccc1C)NC(=O)C1CCC(N(C)C)CC1. The highest BCUT2D eigenvalue weighted by Gasteiger charge is 2.27. The van der Waals surface area contributed by atoms with Crippen LogP contribution >= 0.6 is 0 Å². The predicted molar refractivity (Wildman–Crippen MR) is 117 cm³/mol. The molecule has 3 rings (SSSR count). The lowest BCUT2D eigenvalue weighted by molar-refractivity contribution is -0.125. The molecule has 6 nitrogen and oxygen atoms in total. The Hall–Kier alpha value is -2.73. The summed E-state index contributed by atoms with van der Waals surface area (Å²) in [7, 11) is 4.20. The molecule has 2 aromatic rings. The number of carbonyl (C=O) groups is 1. The molecule has 0 radical (unpaired) electrons. The number of aliphatic imine (C=N–C) groups is 1. The van der Waals surface area contributed by atoms with Crippen LogP contribution in [0.1, 0.15) is 42.7 Å². The Bertz CT molecular complexity index is 905. The van der Waals surface area contributed by atoms with Gasteiger partial charge in [-0.2, -0.15) is 0 Å². The van der Waals surface area contributed by atoms with Gasteiger partial charge in [-0.3, -0.25) is 4.79 Å². The summed E-state index contributed by atoms with van der Waals surface area (Å²) < 4.78 is 5.62. The summed E-state index contributed by atoms with van der Waals surface area (Å²) >= 11 is 0. The van der Waals surface area contributed by atoms with Crippen molar-refractivity contribution in [3.05, 3.63) is 47.2 Å². The second kappa shape index (κ2) is 9.18. The third kappa shape index (κ3) is 5.21. The van der Waals surface area contributed by atoms with Gasteiger partial charge >= 0.3 is 0 Å². The maximum atomic E-state index is 12.7. The Labute approximate surface area is 172 Å². The van der Waals surface area contributed by atoms with E-state index in [0.29, 0.717) is 23.5 Å². The van der Waals surface area contributed by atoms with Crippen molar-refractivity contribution in [1.82, 2.24) is 15.2 Å². The van der Waals surface area contributed by atoms with Gasteiger partial charge in [0.25, 0.3) is 0 Å². The van der Waals surface area contributed by atoms with Gasteiger partial charge in [0.2, 0.25) is 5.91 Å². The van der Waals surface area contributed by atoms with Crippen LogP contribution in [0.4, 0.5) is 0 Å². The number of hydrogen-bond donors (Lipinski definition) is 1. The summed E-state index contributed by atoms with van der Waals surface area (Å²) in [6, 6.07) is 6.59. The maximum absolute atomic E-state index is 12.7. The van der Waals surface area contributed by atoms with Crippen LogP contribution in [0.15, 0.2) is 39.6 Å². The molecule has 1 saturated carbocycles. The Balaban J connectivity index is 1.73. The molecule has 0 unspecified atom stereocenters. The fourth-order valence-electron chi connectivity index (χ4n) is 3.80. The van der Waals surface area contributed by atoms with Crippen LogP contribution in [0.3, 0.4) is 0 Å². The molecule has 1 heterocycles. The molecular weight excluding hydrogens is 364 g/mol. The van der Waals surface area contributed by atoms with Crippen LogP contribution < -0.4 is 5.32 Å². The molecule has 1 aliphatic carbocycles. The van der Waals surface area contributed by atoms with E-state index in [0.717, 1.165) is 42.4 Å². The van der Waals surface area contributed by atoms with E-state index in [9.17, 15) is 4.79 Å². The van der Waals surface area contributed by atoms with Crippen molar-refractivity contribution in [2.45, 2.75) is 45.6 Å². The molecule has 0 aliphatic heterocycles. The largest absolute Gasteiger partial charge is 0.441 e. The highest BCUT2D eigenvalue weighted by atomic mass is 16.4. The van der Waals surface area contributed by atoms with Gasteiger partial charge in [-0.05, 0) is 76.7 Å². The molecule has 0 bridgehead atoms. The van der Waals surface area contributed by atoms with Crippen LogP contribution in [-0.4, -0.2) is 42.6 Å². The van der Waals surface area contributed by atoms with Gasteiger partial charge in [-0.15, -0.1) is 0 Å². The van der Waals surface area contributed by atoms with E-state index in [2.05, 4.69) is 41.0 Å². The lowest BCUT2D eigenvalue weighted by atomic mass is 9.85. The number of carbonyl (C=O) groups excluding carboxylic acids is 1. The molecule has 1 N–H and O–H groups in total. The number of hydrogen-bond acceptors (Lipinski definition) is 5. The summed E-state index contributed by atoms with van der Waals surface area (Å²) in [5, 5.41) is 2.96. The summed E-state index contributed by atoms with van der Waals surface area (Å²) in [6.45, 7) is 7.48. The van der Waals surface area contributed by atoms with Gasteiger partial charge in [0.05, 0.1) is 6.20 Å². The van der Waals surface area contributed by atoms with Crippen LogP contribution in [-0.2, 0) is 4.79 Å². The zero-order valence-corrected chi connectivity index (χ0v) is 17.7. The molecule has 0 saturated heterocycles. The highest BCUT2D eigenvalue weighted by molar-refractivity contribution is 5.82. The van der Waals surface area contributed by atoms with Crippen LogP contribution in [0.5, 0.6) is 0 Å². The zero-order valence-electron chi connectivity index (χ0n) is 17.7. The molecule has 1 aliphatic rings. The molecule has 1 fully saturated rings. The Kier molecular flexibility index (Phi) is 6.64. The van der Waals surface area contributed by atoms with Crippen LogP contribution in [0.25, 0.3) is 17.4 Å². The molecule has 1 aromatic carbocycles. The monoisotopic (exact) mass is 394 g/mol. The molecule has 1 amide bonds. The van der Waals surface area contributed by atoms with Gasteiger partial charge in [0, 0.05) is 24.4 Å². The Morgan fingerprint density at radius 3 is 2.59 bits per heavy atom. The molecular formula is C23H30N4O2. The zero-order chi connectivity index (χ0) is 21.0. The van der Waals surface area contributed by atoms with E-state index in [-0.39, 0.29) is 11.8 Å². The number of aryl methyl sites for hydroxylation is 2. The van der Waals surface area contributed by atoms with Crippen molar-refractivity contribution in [3.8, 4) is 11.3 Å². The number of oxazole rings is 1. The van der Waals surface area contributed by atoms with Crippen molar-refractivity contribution >= 4 is 18.7 Å². The lowest BCUT2D eigenvalue weighted by Crippen LogP contribution is -2.37. The fraction of sp³-hybridized carbons (Fsp3) is 0.435. The smallest absolute Gasteiger partial charge is 0.228 e. The van der Waals surface area contributed by atoms with E-state index in [1.165, 1.54) is 0 Å². The van der Waals surface area contributed by atoms with Gasteiger partial charge in [-0.25, -0.2) is 9.98 Å². The van der Waals surface area contributed by atoms with Crippen LogP contribution in [0, 0.1) is 19.8 Å². The highest BCUT2D eigenvalue weighted by Crippen LogP contribution is 2.27. The summed E-state index contributed by atoms with van der Waals surface area (Å²) in [6.07, 6.45) is 7.47. The predicted octanol–water partition coefficient (Wildman–Crippen LogP) is 4.19. The number of rotatable bonds is 6.